The average molecular weight is 452 g/mol. The summed E-state index contributed by atoms with van der Waals surface area (Å²) in [5.74, 6) is 0.249. The van der Waals surface area contributed by atoms with Gasteiger partial charge in [-0.25, -0.2) is 4.21 Å². The zero-order chi connectivity index (χ0) is 22.4. The van der Waals surface area contributed by atoms with Crippen LogP contribution in [0.1, 0.15) is 32.8 Å². The highest BCUT2D eigenvalue weighted by molar-refractivity contribution is 7.92. The molecule has 1 aliphatic rings. The fourth-order valence-electron chi connectivity index (χ4n) is 2.79. The Morgan fingerprint density at radius 3 is 2.87 bits per heavy atom. The molecule has 1 heterocycles. The highest BCUT2D eigenvalue weighted by atomic mass is 32.2. The number of piperidine rings is 1. The van der Waals surface area contributed by atoms with Crippen LogP contribution in [0.25, 0.3) is 0 Å². The van der Waals surface area contributed by atoms with Gasteiger partial charge in [-0.2, -0.15) is 4.36 Å². The van der Waals surface area contributed by atoms with Crippen molar-refractivity contribution in [1.29, 1.82) is 0 Å². The lowest BCUT2D eigenvalue weighted by Crippen LogP contribution is -2.32. The monoisotopic (exact) mass is 451 g/mol. The molecule has 0 saturated carbocycles. The molecule has 1 aliphatic heterocycles. The maximum absolute atomic E-state index is 12.6. The summed E-state index contributed by atoms with van der Waals surface area (Å²) in [7, 11) is -2.49. The maximum Gasteiger partial charge on any atom is 0.271 e. The van der Waals surface area contributed by atoms with E-state index in [0.717, 1.165) is 48.2 Å². The Hall–Kier alpha value is -1.89. The third kappa shape index (κ3) is 9.74. The Balaban J connectivity index is 0.00000218. The highest BCUT2D eigenvalue weighted by Gasteiger charge is 2.12. The van der Waals surface area contributed by atoms with Crippen LogP contribution in [-0.4, -0.2) is 54.5 Å². The minimum atomic E-state index is -2.58. The summed E-state index contributed by atoms with van der Waals surface area (Å²) in [6.07, 6.45) is 4.92. The fourth-order valence-corrected chi connectivity index (χ4v) is 5.15. The van der Waals surface area contributed by atoms with E-state index in [0.29, 0.717) is 6.67 Å². The zero-order valence-electron chi connectivity index (χ0n) is 18.4. The molecular formula is C21H34N5O2PS. The molecule has 0 bridgehead atoms. The molecule has 2 N–H and O–H groups in total. The van der Waals surface area contributed by atoms with Gasteiger partial charge in [0, 0.05) is 24.7 Å². The Bertz CT molecular complexity index is 889. The number of anilines is 1. The van der Waals surface area contributed by atoms with Crippen molar-refractivity contribution in [1.82, 2.24) is 5.32 Å². The molecule has 2 atom stereocenters. The summed E-state index contributed by atoms with van der Waals surface area (Å²) >= 11 is 0. The number of benzene rings is 1. The van der Waals surface area contributed by atoms with Crippen molar-refractivity contribution >= 4 is 42.1 Å². The summed E-state index contributed by atoms with van der Waals surface area (Å²) in [6.45, 7) is 11.5. The lowest BCUT2D eigenvalue weighted by atomic mass is 10.0. The topological polar surface area (TPSA) is 95.3 Å². The van der Waals surface area contributed by atoms with Crippen LogP contribution in [0.2, 0.25) is 0 Å². The second kappa shape index (κ2) is 14.2. The van der Waals surface area contributed by atoms with Crippen LogP contribution in [0.5, 0.6) is 0 Å². The van der Waals surface area contributed by atoms with Gasteiger partial charge < -0.3 is 10.6 Å². The van der Waals surface area contributed by atoms with E-state index < -0.39 is 9.73 Å². The van der Waals surface area contributed by atoms with Gasteiger partial charge in [0.05, 0.1) is 21.2 Å². The predicted octanol–water partition coefficient (Wildman–Crippen LogP) is 4.52. The second-order valence-electron chi connectivity index (χ2n) is 6.43. The lowest BCUT2D eigenvalue weighted by molar-refractivity contribution is 0.267. The van der Waals surface area contributed by atoms with E-state index in [1.807, 2.05) is 45.0 Å². The lowest BCUT2D eigenvalue weighted by Gasteiger charge is -2.18. The van der Waals surface area contributed by atoms with Crippen molar-refractivity contribution in [3.8, 4) is 0 Å². The summed E-state index contributed by atoms with van der Waals surface area (Å²) < 4.78 is 16.5. The van der Waals surface area contributed by atoms with Crippen LogP contribution in [0, 0.1) is 0 Å². The minimum Gasteiger partial charge on any atom is -0.366 e. The van der Waals surface area contributed by atoms with E-state index in [1.54, 1.807) is 6.20 Å². The van der Waals surface area contributed by atoms with E-state index in [1.165, 1.54) is 6.26 Å². The molecule has 7 nitrogen and oxygen atoms in total. The van der Waals surface area contributed by atoms with Crippen LogP contribution in [-0.2, 0) is 15.5 Å². The number of nitrogens with one attached hydrogen (secondary N) is 2. The van der Waals surface area contributed by atoms with Gasteiger partial charge in [0.25, 0.3) is 5.65 Å². The van der Waals surface area contributed by atoms with E-state index in [-0.39, 0.29) is 20.0 Å². The Labute approximate surface area is 182 Å². The van der Waals surface area contributed by atoms with Gasteiger partial charge in [-0.3, -0.25) is 14.8 Å². The van der Waals surface area contributed by atoms with Gasteiger partial charge in [-0.05, 0) is 57.7 Å². The minimum absolute atomic E-state index is 0.0877. The number of aliphatic imine (C=N–C) groups is 2. The number of nitrogens with zero attached hydrogens (tertiary/aromatic N) is 3. The van der Waals surface area contributed by atoms with Crippen molar-refractivity contribution in [2.24, 2.45) is 14.3 Å². The van der Waals surface area contributed by atoms with Crippen molar-refractivity contribution in [3.05, 3.63) is 41.6 Å². The number of rotatable bonds is 8. The molecule has 1 aromatic rings. The van der Waals surface area contributed by atoms with Crippen molar-refractivity contribution in [2.75, 3.05) is 37.5 Å². The molecule has 9 heteroatoms. The third-order valence-corrected chi connectivity index (χ3v) is 6.35. The third-order valence-electron chi connectivity index (χ3n) is 4.00. The van der Waals surface area contributed by atoms with Crippen molar-refractivity contribution < 1.29 is 9.00 Å². The Kier molecular flexibility index (Phi) is 12.4. The van der Waals surface area contributed by atoms with Gasteiger partial charge in [-0.1, -0.05) is 32.9 Å². The van der Waals surface area contributed by atoms with E-state index >= 15 is 0 Å². The zero-order valence-corrected chi connectivity index (χ0v) is 20.2. The molecule has 0 aromatic heterocycles. The molecular weight excluding hydrogens is 417 g/mol. The summed E-state index contributed by atoms with van der Waals surface area (Å²) in [5.41, 5.74) is 3.58. The van der Waals surface area contributed by atoms with E-state index in [4.69, 9.17) is 0 Å². The first-order chi connectivity index (χ1) is 14.4. The Morgan fingerprint density at radius 2 is 2.17 bits per heavy atom. The molecule has 2 rings (SSSR count). The van der Waals surface area contributed by atoms with Crippen LogP contribution in [0.15, 0.2) is 50.4 Å². The molecule has 0 spiro atoms. The molecule has 1 aromatic carbocycles. The first-order valence-electron chi connectivity index (χ1n) is 10.1. The summed E-state index contributed by atoms with van der Waals surface area (Å²) in [6, 6.07) is 7.64. The average Bonchev–Trinajstić information content (AvgIpc) is 2.70. The first kappa shape index (κ1) is 26.1. The smallest absolute Gasteiger partial charge is 0.271 e. The van der Waals surface area contributed by atoms with Gasteiger partial charge in [0.15, 0.2) is 0 Å². The van der Waals surface area contributed by atoms with Crippen LogP contribution < -0.4 is 10.6 Å². The standard InChI is InChI=1S/C19H28N5O2PS.C2H6/c1-4-27-19(25)24-28(3,26)13-15-6-5-7-17(10-15)22-14-23-18-12-21-9-8-16(18)11-20-2;1-2/h5-7,10-11,21-22,27H,2,4,8-9,12-14H2,1,3H3;1-2H3/b16-11-,23-18-;. The molecule has 30 heavy (non-hydrogen) atoms. The number of carbonyl (C=O) groups is 1. The molecule has 1 saturated heterocycles. The maximum atomic E-state index is 12.6. The van der Waals surface area contributed by atoms with Gasteiger partial charge >= 0.3 is 0 Å². The van der Waals surface area contributed by atoms with Gasteiger partial charge in [0.2, 0.25) is 0 Å². The van der Waals surface area contributed by atoms with E-state index in [9.17, 15) is 9.00 Å². The summed E-state index contributed by atoms with van der Waals surface area (Å²) in [4.78, 5) is 20.2. The SMILES string of the molecule is C=N/C=C1/CCNC/C1=N/CNc1cccc(CS(C)(=O)=NC(=O)PCC)c1.CC. The number of hydrogen-bond acceptors (Lipinski definition) is 6. The normalized spacial score (nSPS) is 18.5. The molecule has 1 fully saturated rings. The second-order valence-corrected chi connectivity index (χ2v) is 10.3. The van der Waals surface area contributed by atoms with Crippen molar-refractivity contribution in [2.45, 2.75) is 32.9 Å². The number of hydrogen-bond donors (Lipinski definition) is 2. The molecule has 166 valence electrons. The summed E-state index contributed by atoms with van der Waals surface area (Å²) in [5, 5.41) is 6.56. The molecule has 0 aliphatic carbocycles. The van der Waals surface area contributed by atoms with Crippen LogP contribution >= 0.6 is 8.58 Å². The molecule has 0 radical (unpaired) electrons. The number of amides is 1. The quantitative estimate of drug-likeness (QED) is 0.449. The molecule has 1 amide bonds. The van der Waals surface area contributed by atoms with Crippen LogP contribution in [0.4, 0.5) is 10.5 Å². The highest BCUT2D eigenvalue weighted by Crippen LogP contribution is 2.18. The Morgan fingerprint density at radius 1 is 1.40 bits per heavy atom. The van der Waals surface area contributed by atoms with Crippen molar-refractivity contribution in [3.63, 3.8) is 0 Å². The van der Waals surface area contributed by atoms with Gasteiger partial charge in [-0.15, -0.1) is 0 Å². The first-order valence-corrected chi connectivity index (χ1v) is 13.4. The van der Waals surface area contributed by atoms with Gasteiger partial charge in [0.1, 0.15) is 6.67 Å². The van der Waals surface area contributed by atoms with Crippen LogP contribution in [0.3, 0.4) is 0 Å². The fraction of sp³-hybridized carbons (Fsp3) is 0.476. The molecule has 2 unspecified atom stereocenters. The largest absolute Gasteiger partial charge is 0.366 e. The van der Waals surface area contributed by atoms with E-state index in [2.05, 4.69) is 31.7 Å². The number of carbonyl (C=O) groups excluding carboxylic acids is 1. The predicted molar refractivity (Wildman–Crippen MR) is 133 cm³/mol.